The van der Waals surface area contributed by atoms with E-state index in [-0.39, 0.29) is 16.6 Å². The van der Waals surface area contributed by atoms with Crippen molar-refractivity contribution in [3.05, 3.63) is 20.4 Å². The third-order valence-electron chi connectivity index (χ3n) is 2.28. The van der Waals surface area contributed by atoms with Gasteiger partial charge in [-0.25, -0.2) is 0 Å². The van der Waals surface area contributed by atoms with E-state index in [0.29, 0.717) is 5.69 Å². The van der Waals surface area contributed by atoms with E-state index in [2.05, 4.69) is 17.8 Å². The van der Waals surface area contributed by atoms with Crippen LogP contribution in [0.1, 0.15) is 12.8 Å². The third-order valence-corrected chi connectivity index (χ3v) is 3.49. The molecular formula is C10H18N2O2S. The van der Waals surface area contributed by atoms with Gasteiger partial charge in [0.1, 0.15) is 11.4 Å². The molecule has 15 heavy (non-hydrogen) atoms. The van der Waals surface area contributed by atoms with Crippen LogP contribution in [-0.4, -0.2) is 24.8 Å². The van der Waals surface area contributed by atoms with Crippen molar-refractivity contribution in [1.82, 2.24) is 0 Å². The molecule has 0 atom stereocenters. The second kappa shape index (κ2) is 5.21. The lowest BCUT2D eigenvalue weighted by atomic mass is 10.2. The van der Waals surface area contributed by atoms with E-state index < -0.39 is 10.9 Å². The van der Waals surface area contributed by atoms with Crippen LogP contribution in [0.5, 0.6) is 0 Å². The number of anilines is 2. The summed E-state index contributed by atoms with van der Waals surface area (Å²) in [6.45, 7) is 0.720. The summed E-state index contributed by atoms with van der Waals surface area (Å²) in [4.78, 5) is 21.8. The van der Waals surface area contributed by atoms with Crippen molar-refractivity contribution in [2.24, 2.45) is 0 Å². The summed E-state index contributed by atoms with van der Waals surface area (Å²) in [5.41, 5.74) is 4.75. The molecule has 3 N–H and O–H groups in total. The highest BCUT2D eigenvalue weighted by Gasteiger charge is 2.16. The summed E-state index contributed by atoms with van der Waals surface area (Å²) in [7, 11) is 0.168. The lowest BCUT2D eigenvalue weighted by Gasteiger charge is -2.11. The highest BCUT2D eigenvalue weighted by molar-refractivity contribution is 8.15. The van der Waals surface area contributed by atoms with E-state index in [4.69, 9.17) is 5.73 Å². The molecule has 4 nitrogen and oxygen atoms in total. The normalized spacial score (nSPS) is 11.7. The predicted octanol–water partition coefficient (Wildman–Crippen LogP) is 0.318. The monoisotopic (exact) mass is 230 g/mol. The first-order valence-corrected chi connectivity index (χ1v) is 7.43. The third kappa shape index (κ3) is 2.99. The average Bonchev–Trinajstić information content (AvgIpc) is 2.21. The van der Waals surface area contributed by atoms with Crippen LogP contribution in [-0.2, 0) is 0 Å². The van der Waals surface area contributed by atoms with Crippen LogP contribution >= 0.6 is 10.9 Å². The summed E-state index contributed by atoms with van der Waals surface area (Å²) >= 11 is 0. The molecule has 0 radical (unpaired) electrons. The van der Waals surface area contributed by atoms with Gasteiger partial charge in [0.15, 0.2) is 0 Å². The van der Waals surface area contributed by atoms with Crippen LogP contribution in [0.15, 0.2) is 9.59 Å². The van der Waals surface area contributed by atoms with Crippen LogP contribution in [0.2, 0.25) is 0 Å². The zero-order valence-corrected chi connectivity index (χ0v) is 10.1. The number of rotatable bonds is 6. The zero-order valence-electron chi connectivity index (χ0n) is 9.17. The van der Waals surface area contributed by atoms with E-state index in [1.807, 2.05) is 0 Å². The van der Waals surface area contributed by atoms with Crippen LogP contribution in [0.3, 0.4) is 0 Å². The van der Waals surface area contributed by atoms with Crippen molar-refractivity contribution in [3.63, 3.8) is 0 Å². The number of nitrogens with two attached hydrogens (primary N) is 1. The highest BCUT2D eigenvalue weighted by atomic mass is 32.2. The van der Waals surface area contributed by atoms with E-state index in [0.717, 1.165) is 19.4 Å². The largest absolute Gasteiger partial charge is 0.394 e. The number of hydrogen-bond donors (Lipinski definition) is 3. The maximum atomic E-state index is 11.0. The predicted molar refractivity (Wildman–Crippen MR) is 69.2 cm³/mol. The molecule has 0 amide bonds. The molecule has 0 saturated carbocycles. The van der Waals surface area contributed by atoms with Crippen molar-refractivity contribution in [2.45, 2.75) is 12.8 Å². The molecule has 1 aromatic rings. The first-order chi connectivity index (χ1) is 7.04. The summed E-state index contributed by atoms with van der Waals surface area (Å²) in [5, 5.41) is 2.91. The molecule has 5 heteroatoms. The van der Waals surface area contributed by atoms with Crippen molar-refractivity contribution in [1.29, 1.82) is 0 Å². The Morgan fingerprint density at radius 1 is 1.20 bits per heavy atom. The topological polar surface area (TPSA) is 72.2 Å². The molecule has 1 rings (SSSR count). The molecule has 0 heterocycles. The Bertz CT molecular complexity index is 394. The number of nitrogen functional groups attached to an aromatic ring is 1. The maximum Gasteiger partial charge on any atom is 0.253 e. The summed E-state index contributed by atoms with van der Waals surface area (Å²) in [6.07, 6.45) is 6.66. The molecule has 0 spiro atoms. The van der Waals surface area contributed by atoms with Gasteiger partial charge in [-0.1, -0.05) is 0 Å². The summed E-state index contributed by atoms with van der Waals surface area (Å²) in [5.74, 6) is 1.25. The van der Waals surface area contributed by atoms with Gasteiger partial charge in [0.05, 0.1) is 0 Å². The van der Waals surface area contributed by atoms with E-state index in [1.165, 1.54) is 5.75 Å². The van der Waals surface area contributed by atoms with Crippen LogP contribution in [0.25, 0.3) is 0 Å². The SMILES string of the molecule is C[SH](C)CCCCNc1c(N)c(=O)c1=O. The minimum absolute atomic E-state index is 0.0910. The molecule has 0 aromatic heterocycles. The van der Waals surface area contributed by atoms with Gasteiger partial charge in [0.2, 0.25) is 0 Å². The Balaban J connectivity index is 2.22. The van der Waals surface area contributed by atoms with Crippen molar-refractivity contribution in [2.75, 3.05) is 35.9 Å². The molecule has 0 fully saturated rings. The van der Waals surface area contributed by atoms with E-state index >= 15 is 0 Å². The highest BCUT2D eigenvalue weighted by Crippen LogP contribution is 2.15. The fourth-order valence-electron chi connectivity index (χ4n) is 1.35. The van der Waals surface area contributed by atoms with E-state index in [1.54, 1.807) is 0 Å². The minimum Gasteiger partial charge on any atom is -0.394 e. The Hall–Kier alpha value is -0.970. The smallest absolute Gasteiger partial charge is 0.253 e. The average molecular weight is 230 g/mol. The second-order valence-electron chi connectivity index (χ2n) is 3.88. The zero-order chi connectivity index (χ0) is 11.4. The lowest BCUT2D eigenvalue weighted by Crippen LogP contribution is -2.37. The minimum atomic E-state index is -0.553. The molecule has 0 unspecified atom stereocenters. The molecule has 1 aromatic carbocycles. The second-order valence-corrected chi connectivity index (χ2v) is 6.49. The van der Waals surface area contributed by atoms with Gasteiger partial charge in [0.25, 0.3) is 10.9 Å². The summed E-state index contributed by atoms with van der Waals surface area (Å²) in [6, 6.07) is 0. The maximum absolute atomic E-state index is 11.0. The number of nitrogens with one attached hydrogen (secondary N) is 1. The Morgan fingerprint density at radius 2 is 1.87 bits per heavy atom. The molecule has 0 bridgehead atoms. The van der Waals surface area contributed by atoms with Crippen LogP contribution in [0.4, 0.5) is 11.4 Å². The van der Waals surface area contributed by atoms with Crippen molar-refractivity contribution >= 4 is 22.3 Å². The van der Waals surface area contributed by atoms with Crippen molar-refractivity contribution < 1.29 is 0 Å². The molecule has 0 saturated heterocycles. The Labute approximate surface area is 91.9 Å². The van der Waals surface area contributed by atoms with Gasteiger partial charge in [-0.2, -0.15) is 0 Å². The Kier molecular flexibility index (Phi) is 4.20. The molecule has 0 aliphatic heterocycles. The first-order valence-electron chi connectivity index (χ1n) is 5.01. The fourth-order valence-corrected chi connectivity index (χ4v) is 2.21. The molecule has 86 valence electrons. The van der Waals surface area contributed by atoms with Crippen molar-refractivity contribution in [3.8, 4) is 0 Å². The van der Waals surface area contributed by atoms with Crippen LogP contribution in [0, 0.1) is 0 Å². The lowest BCUT2D eigenvalue weighted by molar-refractivity contribution is 0.840. The van der Waals surface area contributed by atoms with Gasteiger partial charge >= 0.3 is 0 Å². The quantitative estimate of drug-likeness (QED) is 0.374. The summed E-state index contributed by atoms with van der Waals surface area (Å²) < 4.78 is 0. The van der Waals surface area contributed by atoms with Crippen LogP contribution < -0.4 is 21.9 Å². The molecule has 0 aliphatic rings. The standard InChI is InChI=1S/C10H18N2O2S/c1-15(2)6-4-3-5-12-8-7(11)9(13)10(8)14/h12,15H,3-6,11H2,1-2H3. The van der Waals surface area contributed by atoms with E-state index in [9.17, 15) is 9.59 Å². The first kappa shape index (κ1) is 12.1. The number of thiol groups is 1. The van der Waals surface area contributed by atoms with Gasteiger partial charge in [0, 0.05) is 6.54 Å². The molecule has 0 aliphatic carbocycles. The van der Waals surface area contributed by atoms with Gasteiger partial charge in [-0.15, -0.1) is 0 Å². The van der Waals surface area contributed by atoms with Gasteiger partial charge < -0.3 is 11.1 Å². The molecular weight excluding hydrogens is 212 g/mol. The number of unbranched alkanes of at least 4 members (excludes halogenated alkanes) is 1. The fraction of sp³-hybridized carbons (Fsp3) is 0.600. The van der Waals surface area contributed by atoms with Gasteiger partial charge in [-0.3, -0.25) is 20.5 Å². The van der Waals surface area contributed by atoms with Gasteiger partial charge in [-0.05, 0) is 31.1 Å². The Morgan fingerprint density at radius 3 is 2.40 bits per heavy atom. The number of hydrogen-bond acceptors (Lipinski definition) is 4.